The van der Waals surface area contributed by atoms with Crippen molar-refractivity contribution in [2.24, 2.45) is 0 Å². The van der Waals surface area contributed by atoms with Crippen LogP contribution < -0.4 is 5.32 Å². The van der Waals surface area contributed by atoms with Crippen LogP contribution in [0.2, 0.25) is 0 Å². The second-order valence-electron chi connectivity index (χ2n) is 5.99. The Labute approximate surface area is 136 Å². The first-order chi connectivity index (χ1) is 11.2. The van der Waals surface area contributed by atoms with Crippen molar-refractivity contribution in [3.8, 4) is 0 Å². The van der Waals surface area contributed by atoms with E-state index in [0.29, 0.717) is 12.6 Å². The number of aromatic nitrogens is 2. The molecular weight excluding hydrogens is 288 g/mol. The number of amides is 1. The van der Waals surface area contributed by atoms with Gasteiger partial charge < -0.3 is 5.32 Å². The molecule has 0 spiro atoms. The van der Waals surface area contributed by atoms with E-state index in [2.05, 4.69) is 44.5 Å². The molecule has 1 aliphatic heterocycles. The van der Waals surface area contributed by atoms with Crippen LogP contribution in [-0.4, -0.2) is 27.3 Å². The van der Waals surface area contributed by atoms with Crippen LogP contribution in [0.1, 0.15) is 42.6 Å². The van der Waals surface area contributed by atoms with Crippen molar-refractivity contribution in [2.75, 3.05) is 6.54 Å². The Morgan fingerprint density at radius 2 is 2.09 bits per heavy atom. The molecular formula is C18H22N4O. The Morgan fingerprint density at radius 1 is 1.26 bits per heavy atom. The molecule has 5 nitrogen and oxygen atoms in total. The summed E-state index contributed by atoms with van der Waals surface area (Å²) in [7, 11) is 0. The summed E-state index contributed by atoms with van der Waals surface area (Å²) in [5, 5.41) is 2.80. The minimum atomic E-state index is -0.0200. The van der Waals surface area contributed by atoms with Gasteiger partial charge in [0.2, 0.25) is 5.91 Å². The molecule has 0 aromatic carbocycles. The molecule has 0 aliphatic carbocycles. The lowest BCUT2D eigenvalue weighted by Crippen LogP contribution is -2.23. The summed E-state index contributed by atoms with van der Waals surface area (Å²) in [6, 6.07) is 8.66. The highest BCUT2D eigenvalue weighted by atomic mass is 16.1. The minimum Gasteiger partial charge on any atom is -0.352 e. The average molecular weight is 310 g/mol. The second-order valence-corrected chi connectivity index (χ2v) is 5.99. The lowest BCUT2D eigenvalue weighted by atomic mass is 10.1. The molecule has 1 saturated heterocycles. The molecule has 1 amide bonds. The Kier molecular flexibility index (Phi) is 4.98. The van der Waals surface area contributed by atoms with Crippen LogP contribution in [0.3, 0.4) is 0 Å². The van der Waals surface area contributed by atoms with E-state index >= 15 is 0 Å². The Bertz CT molecular complexity index is 642. The third kappa shape index (κ3) is 4.13. The van der Waals surface area contributed by atoms with Gasteiger partial charge in [-0.1, -0.05) is 6.07 Å². The van der Waals surface area contributed by atoms with Crippen LogP contribution >= 0.6 is 0 Å². The zero-order valence-electron chi connectivity index (χ0n) is 13.4. The van der Waals surface area contributed by atoms with E-state index in [1.54, 1.807) is 0 Å². The summed E-state index contributed by atoms with van der Waals surface area (Å²) in [6.07, 6.45) is 7.90. The van der Waals surface area contributed by atoms with Gasteiger partial charge in [0.1, 0.15) is 0 Å². The largest absolute Gasteiger partial charge is 0.352 e. The van der Waals surface area contributed by atoms with E-state index in [-0.39, 0.29) is 5.91 Å². The van der Waals surface area contributed by atoms with Gasteiger partial charge in [-0.25, -0.2) is 0 Å². The number of hydrogen-bond donors (Lipinski definition) is 1. The number of likely N-dealkylation sites (tertiary alicyclic amines) is 1. The average Bonchev–Trinajstić information content (AvgIpc) is 3.02. The first-order valence-electron chi connectivity index (χ1n) is 8.04. The summed E-state index contributed by atoms with van der Waals surface area (Å²) in [5.74, 6) is -0.0200. The highest BCUT2D eigenvalue weighted by Gasteiger charge is 2.26. The predicted octanol–water partition coefficient (Wildman–Crippen LogP) is 2.45. The zero-order chi connectivity index (χ0) is 16.1. The monoisotopic (exact) mass is 310 g/mol. The fraction of sp³-hybridized carbons (Fsp3) is 0.389. The van der Waals surface area contributed by atoms with Crippen molar-refractivity contribution in [1.82, 2.24) is 20.2 Å². The maximum absolute atomic E-state index is 11.0. The molecule has 1 N–H and O–H groups in total. The molecule has 0 saturated carbocycles. The third-order valence-electron chi connectivity index (χ3n) is 4.23. The molecule has 2 aromatic rings. The Balaban J connectivity index is 1.66. The molecule has 0 unspecified atom stereocenters. The van der Waals surface area contributed by atoms with Crippen LogP contribution in [0.5, 0.6) is 0 Å². The van der Waals surface area contributed by atoms with Gasteiger partial charge >= 0.3 is 0 Å². The maximum Gasteiger partial charge on any atom is 0.217 e. The second kappa shape index (κ2) is 7.33. The fourth-order valence-electron chi connectivity index (χ4n) is 3.04. The summed E-state index contributed by atoms with van der Waals surface area (Å²) >= 11 is 0. The van der Waals surface area contributed by atoms with Crippen LogP contribution in [0.25, 0.3) is 0 Å². The van der Waals surface area contributed by atoms with E-state index in [1.165, 1.54) is 18.9 Å². The van der Waals surface area contributed by atoms with Crippen LogP contribution in [0, 0.1) is 0 Å². The summed E-state index contributed by atoms with van der Waals surface area (Å²) in [5.41, 5.74) is 3.43. The molecule has 0 radical (unpaired) electrons. The fourth-order valence-corrected chi connectivity index (χ4v) is 3.04. The SMILES string of the molecule is CC(=O)NCc1ccc([C@H]2CCCN2Cc2ccncc2)nc1. The number of nitrogens with one attached hydrogen (secondary N) is 1. The highest BCUT2D eigenvalue weighted by Crippen LogP contribution is 2.31. The van der Waals surface area contributed by atoms with E-state index < -0.39 is 0 Å². The summed E-state index contributed by atoms with van der Waals surface area (Å²) in [4.78, 5) is 22.1. The molecule has 1 fully saturated rings. The predicted molar refractivity (Wildman–Crippen MR) is 88.4 cm³/mol. The van der Waals surface area contributed by atoms with Crippen molar-refractivity contribution in [2.45, 2.75) is 38.9 Å². The van der Waals surface area contributed by atoms with Gasteiger partial charge in [-0.3, -0.25) is 19.7 Å². The number of nitrogens with zero attached hydrogens (tertiary/aromatic N) is 3. The number of hydrogen-bond acceptors (Lipinski definition) is 4. The quantitative estimate of drug-likeness (QED) is 0.921. The van der Waals surface area contributed by atoms with Crippen molar-refractivity contribution in [3.63, 3.8) is 0 Å². The van der Waals surface area contributed by atoms with Gasteiger partial charge in [0.25, 0.3) is 0 Å². The first kappa shape index (κ1) is 15.6. The van der Waals surface area contributed by atoms with Gasteiger partial charge in [0, 0.05) is 38.6 Å². The Morgan fingerprint density at radius 3 is 2.78 bits per heavy atom. The molecule has 2 aromatic heterocycles. The normalized spacial score (nSPS) is 18.0. The van der Waals surface area contributed by atoms with Crippen LogP contribution in [0.4, 0.5) is 0 Å². The van der Waals surface area contributed by atoms with E-state index in [1.807, 2.05) is 18.6 Å². The van der Waals surface area contributed by atoms with Gasteiger partial charge in [-0.15, -0.1) is 0 Å². The van der Waals surface area contributed by atoms with Gasteiger partial charge in [0.15, 0.2) is 0 Å². The number of rotatable bonds is 5. The molecule has 1 atom stereocenters. The lowest BCUT2D eigenvalue weighted by molar-refractivity contribution is -0.119. The lowest BCUT2D eigenvalue weighted by Gasteiger charge is -2.24. The molecule has 3 heterocycles. The number of carbonyl (C=O) groups is 1. The molecule has 23 heavy (non-hydrogen) atoms. The Hall–Kier alpha value is -2.27. The van der Waals surface area contributed by atoms with Crippen molar-refractivity contribution in [1.29, 1.82) is 0 Å². The van der Waals surface area contributed by atoms with Crippen molar-refractivity contribution < 1.29 is 4.79 Å². The maximum atomic E-state index is 11.0. The molecule has 5 heteroatoms. The highest BCUT2D eigenvalue weighted by molar-refractivity contribution is 5.72. The molecule has 0 bridgehead atoms. The first-order valence-corrected chi connectivity index (χ1v) is 8.04. The molecule has 1 aliphatic rings. The topological polar surface area (TPSA) is 58.1 Å². The van der Waals surface area contributed by atoms with Crippen molar-refractivity contribution >= 4 is 5.91 Å². The minimum absolute atomic E-state index is 0.0200. The van der Waals surface area contributed by atoms with Gasteiger partial charge in [0.05, 0.1) is 11.7 Å². The summed E-state index contributed by atoms with van der Waals surface area (Å²) < 4.78 is 0. The zero-order valence-corrected chi connectivity index (χ0v) is 13.4. The standard InChI is InChI=1S/C18H22N4O/c1-14(23)20-11-16-4-5-17(21-12-16)18-3-2-10-22(18)13-15-6-8-19-9-7-15/h4-9,12,18H,2-3,10-11,13H2,1H3,(H,20,23)/t18-/m1/s1. The van der Waals surface area contributed by atoms with Gasteiger partial charge in [-0.2, -0.15) is 0 Å². The van der Waals surface area contributed by atoms with Gasteiger partial charge in [-0.05, 0) is 48.7 Å². The smallest absolute Gasteiger partial charge is 0.217 e. The van der Waals surface area contributed by atoms with E-state index in [4.69, 9.17) is 0 Å². The van der Waals surface area contributed by atoms with E-state index in [0.717, 1.165) is 30.8 Å². The van der Waals surface area contributed by atoms with Crippen LogP contribution in [0.15, 0.2) is 42.9 Å². The molecule has 120 valence electrons. The number of carbonyl (C=O) groups excluding carboxylic acids is 1. The molecule has 3 rings (SSSR count). The summed E-state index contributed by atoms with van der Waals surface area (Å²) in [6.45, 7) is 4.09. The van der Waals surface area contributed by atoms with Crippen molar-refractivity contribution in [3.05, 3.63) is 59.7 Å². The van der Waals surface area contributed by atoms with Crippen LogP contribution in [-0.2, 0) is 17.9 Å². The number of pyridine rings is 2. The van der Waals surface area contributed by atoms with E-state index in [9.17, 15) is 4.79 Å². The third-order valence-corrected chi connectivity index (χ3v) is 4.23.